The van der Waals surface area contributed by atoms with E-state index in [-0.39, 0.29) is 13.1 Å². The van der Waals surface area contributed by atoms with Crippen molar-refractivity contribution in [2.24, 2.45) is 0 Å². The topological polar surface area (TPSA) is 90.8 Å². The first-order valence-electron chi connectivity index (χ1n) is 5.94. The highest BCUT2D eigenvalue weighted by Crippen LogP contribution is 2.14. The van der Waals surface area contributed by atoms with E-state index in [2.05, 4.69) is 19.4 Å². The fourth-order valence-corrected chi connectivity index (χ4v) is 1.37. The zero-order valence-electron chi connectivity index (χ0n) is 11.7. The van der Waals surface area contributed by atoms with Gasteiger partial charge < -0.3 is 19.1 Å². The van der Waals surface area contributed by atoms with Gasteiger partial charge in [-0.3, -0.25) is 14.6 Å². The van der Waals surface area contributed by atoms with Crippen LogP contribution >= 0.6 is 0 Å². The lowest BCUT2D eigenvalue weighted by atomic mass is 10.4. The van der Waals surface area contributed by atoms with Crippen LogP contribution in [0, 0.1) is 0 Å². The molecule has 0 aliphatic carbocycles. The first-order valence-corrected chi connectivity index (χ1v) is 5.94. The van der Waals surface area contributed by atoms with E-state index in [9.17, 15) is 9.59 Å². The lowest BCUT2D eigenvalue weighted by molar-refractivity contribution is -0.140. The molecule has 0 spiro atoms. The van der Waals surface area contributed by atoms with E-state index < -0.39 is 11.9 Å². The number of rotatable bonds is 7. The molecule has 1 aromatic rings. The average Bonchev–Trinajstić information content (AvgIpc) is 2.46. The first-order chi connectivity index (χ1) is 9.60. The second-order valence-electron chi connectivity index (χ2n) is 3.66. The van der Waals surface area contributed by atoms with Gasteiger partial charge in [0, 0.05) is 0 Å². The molecule has 0 amide bonds. The molecule has 0 aliphatic rings. The van der Waals surface area contributed by atoms with Gasteiger partial charge in [-0.15, -0.1) is 0 Å². The lowest BCUT2D eigenvalue weighted by Gasteiger charge is -2.20. The average molecular weight is 283 g/mol. The molecule has 0 radical (unpaired) electrons. The Morgan fingerprint density at radius 3 is 2.25 bits per heavy atom. The second kappa shape index (κ2) is 7.93. The predicted octanol–water partition coefficient (Wildman–Crippen LogP) is 0.0277. The summed E-state index contributed by atoms with van der Waals surface area (Å²) in [6.07, 6.45) is 2.87. The van der Waals surface area contributed by atoms with Crippen LogP contribution in [-0.4, -0.2) is 55.8 Å². The Bertz CT molecular complexity index is 448. The first kappa shape index (κ1) is 15.7. The molecule has 0 saturated carbocycles. The summed E-state index contributed by atoms with van der Waals surface area (Å²) in [5.41, 5.74) is 0. The SMILES string of the molecule is CCOc1cncc(N(CC(=O)OC)CC(=O)OC)n1. The molecule has 110 valence electrons. The summed E-state index contributed by atoms with van der Waals surface area (Å²) >= 11 is 0. The van der Waals surface area contributed by atoms with E-state index in [1.54, 1.807) is 0 Å². The third-order valence-corrected chi connectivity index (χ3v) is 2.31. The quantitative estimate of drug-likeness (QED) is 0.647. The summed E-state index contributed by atoms with van der Waals surface area (Å²) in [5, 5.41) is 0. The highest BCUT2D eigenvalue weighted by Gasteiger charge is 2.18. The molecule has 8 heteroatoms. The standard InChI is InChI=1S/C12H17N3O5/c1-4-20-10-6-13-5-9(14-10)15(7-11(16)18-2)8-12(17)19-3/h5-6H,4,7-8H2,1-3H3. The largest absolute Gasteiger partial charge is 0.477 e. The van der Waals surface area contributed by atoms with Crippen LogP contribution in [0.25, 0.3) is 0 Å². The van der Waals surface area contributed by atoms with Gasteiger partial charge in [0.15, 0.2) is 5.82 Å². The Morgan fingerprint density at radius 2 is 1.75 bits per heavy atom. The molecule has 0 N–H and O–H groups in total. The molecule has 8 nitrogen and oxygen atoms in total. The maximum absolute atomic E-state index is 11.4. The maximum Gasteiger partial charge on any atom is 0.325 e. The number of hydrogen-bond acceptors (Lipinski definition) is 8. The van der Waals surface area contributed by atoms with Gasteiger partial charge in [-0.25, -0.2) is 0 Å². The van der Waals surface area contributed by atoms with E-state index >= 15 is 0 Å². The molecule has 0 atom stereocenters. The molecular weight excluding hydrogens is 266 g/mol. The zero-order valence-corrected chi connectivity index (χ0v) is 11.7. The number of hydrogen-bond donors (Lipinski definition) is 0. The van der Waals surface area contributed by atoms with Gasteiger partial charge in [0.05, 0.1) is 33.2 Å². The normalized spacial score (nSPS) is 9.75. The molecule has 0 fully saturated rings. The van der Waals surface area contributed by atoms with Crippen LogP contribution in [0.3, 0.4) is 0 Å². The van der Waals surface area contributed by atoms with Crippen molar-refractivity contribution in [3.63, 3.8) is 0 Å². The molecule has 0 saturated heterocycles. The Kier molecular flexibility index (Phi) is 6.21. The van der Waals surface area contributed by atoms with Crippen molar-refractivity contribution in [3.8, 4) is 5.88 Å². The van der Waals surface area contributed by atoms with Gasteiger partial charge in [0.2, 0.25) is 5.88 Å². The number of ether oxygens (including phenoxy) is 3. The number of carbonyl (C=O) groups is 2. The smallest absolute Gasteiger partial charge is 0.325 e. The third kappa shape index (κ3) is 4.71. The number of aromatic nitrogens is 2. The van der Waals surface area contributed by atoms with Gasteiger partial charge in [0.1, 0.15) is 13.1 Å². The van der Waals surface area contributed by atoms with Crippen molar-refractivity contribution in [2.75, 3.05) is 38.8 Å². The molecule has 1 heterocycles. The van der Waals surface area contributed by atoms with Crippen molar-refractivity contribution in [3.05, 3.63) is 12.4 Å². The Labute approximate surface area is 116 Å². The van der Waals surface area contributed by atoms with Crippen LogP contribution in [0.15, 0.2) is 12.4 Å². The van der Waals surface area contributed by atoms with Gasteiger partial charge in [0.25, 0.3) is 0 Å². The van der Waals surface area contributed by atoms with Gasteiger partial charge in [-0.1, -0.05) is 0 Å². The van der Waals surface area contributed by atoms with E-state index in [1.807, 2.05) is 6.92 Å². The van der Waals surface area contributed by atoms with Crippen molar-refractivity contribution < 1.29 is 23.8 Å². The number of carbonyl (C=O) groups excluding carboxylic acids is 2. The zero-order chi connectivity index (χ0) is 15.0. The minimum Gasteiger partial charge on any atom is -0.477 e. The third-order valence-electron chi connectivity index (χ3n) is 2.31. The Morgan fingerprint density at radius 1 is 1.15 bits per heavy atom. The van der Waals surface area contributed by atoms with Crippen LogP contribution in [0.2, 0.25) is 0 Å². The van der Waals surface area contributed by atoms with Gasteiger partial charge in [-0.05, 0) is 6.92 Å². The minimum absolute atomic E-state index is 0.143. The van der Waals surface area contributed by atoms with Crippen LogP contribution < -0.4 is 9.64 Å². The van der Waals surface area contributed by atoms with Crippen molar-refractivity contribution in [2.45, 2.75) is 6.92 Å². The predicted molar refractivity (Wildman–Crippen MR) is 69.4 cm³/mol. The molecule has 1 aromatic heterocycles. The summed E-state index contributed by atoms with van der Waals surface area (Å²) in [7, 11) is 2.53. The summed E-state index contributed by atoms with van der Waals surface area (Å²) < 4.78 is 14.4. The van der Waals surface area contributed by atoms with Crippen LogP contribution in [0.5, 0.6) is 5.88 Å². The summed E-state index contributed by atoms with van der Waals surface area (Å²) in [6, 6.07) is 0. The number of nitrogens with zero attached hydrogens (tertiary/aromatic N) is 3. The highest BCUT2D eigenvalue weighted by atomic mass is 16.5. The van der Waals surface area contributed by atoms with Crippen molar-refractivity contribution in [1.29, 1.82) is 0 Å². The number of methoxy groups -OCH3 is 2. The van der Waals surface area contributed by atoms with Crippen molar-refractivity contribution in [1.82, 2.24) is 9.97 Å². The van der Waals surface area contributed by atoms with E-state index in [4.69, 9.17) is 4.74 Å². The van der Waals surface area contributed by atoms with E-state index in [1.165, 1.54) is 31.5 Å². The fraction of sp³-hybridized carbons (Fsp3) is 0.500. The lowest BCUT2D eigenvalue weighted by Crippen LogP contribution is -2.36. The molecule has 0 bridgehead atoms. The summed E-state index contributed by atoms with van der Waals surface area (Å²) in [6.45, 7) is 1.97. The monoisotopic (exact) mass is 283 g/mol. The molecule has 0 aliphatic heterocycles. The van der Waals surface area contributed by atoms with Gasteiger partial charge >= 0.3 is 11.9 Å². The van der Waals surface area contributed by atoms with E-state index in [0.29, 0.717) is 18.3 Å². The fourth-order valence-electron chi connectivity index (χ4n) is 1.37. The minimum atomic E-state index is -0.502. The van der Waals surface area contributed by atoms with Crippen LogP contribution in [0.1, 0.15) is 6.92 Å². The molecule has 1 rings (SSSR count). The molecule has 20 heavy (non-hydrogen) atoms. The van der Waals surface area contributed by atoms with E-state index in [0.717, 1.165) is 0 Å². The molecule has 0 aromatic carbocycles. The second-order valence-corrected chi connectivity index (χ2v) is 3.66. The highest BCUT2D eigenvalue weighted by molar-refractivity contribution is 5.80. The summed E-state index contributed by atoms with van der Waals surface area (Å²) in [4.78, 5) is 32.3. The Hall–Kier alpha value is -2.38. The maximum atomic E-state index is 11.4. The van der Waals surface area contributed by atoms with Crippen LogP contribution in [-0.2, 0) is 19.1 Å². The Balaban J connectivity index is 2.92. The van der Waals surface area contributed by atoms with Crippen LogP contribution in [0.4, 0.5) is 5.82 Å². The number of anilines is 1. The molecular formula is C12H17N3O5. The molecule has 0 unspecified atom stereocenters. The number of esters is 2. The van der Waals surface area contributed by atoms with Crippen molar-refractivity contribution >= 4 is 17.8 Å². The van der Waals surface area contributed by atoms with Gasteiger partial charge in [-0.2, -0.15) is 4.98 Å². The summed E-state index contributed by atoms with van der Waals surface area (Å²) in [5.74, 6) is -0.369.